The second-order valence-electron chi connectivity index (χ2n) is 4.16. The molecule has 0 atom stereocenters. The normalized spacial score (nSPS) is 10.1. The first kappa shape index (κ1) is 12.3. The molecule has 0 aliphatic heterocycles. The minimum absolute atomic E-state index is 0.319. The highest BCUT2D eigenvalue weighted by atomic mass is 16.5. The molecule has 0 saturated heterocycles. The van der Waals surface area contributed by atoms with Crippen LogP contribution in [0.5, 0.6) is 11.5 Å². The monoisotopic (exact) mass is 243 g/mol. The van der Waals surface area contributed by atoms with Crippen molar-refractivity contribution in [2.75, 3.05) is 19.1 Å². The molecule has 2 rings (SSSR count). The number of methoxy groups -OCH3 is 1. The molecule has 0 radical (unpaired) electrons. The van der Waals surface area contributed by atoms with Gasteiger partial charge in [-0.1, -0.05) is 30.3 Å². The van der Waals surface area contributed by atoms with Crippen molar-refractivity contribution in [2.45, 2.75) is 6.54 Å². The smallest absolute Gasteiger partial charge is 0.142 e. The van der Waals surface area contributed by atoms with Crippen molar-refractivity contribution in [3.63, 3.8) is 0 Å². The lowest BCUT2D eigenvalue weighted by Gasteiger charge is -2.22. The second-order valence-corrected chi connectivity index (χ2v) is 4.16. The Balaban J connectivity index is 2.22. The van der Waals surface area contributed by atoms with Crippen LogP contribution in [0.15, 0.2) is 48.5 Å². The van der Waals surface area contributed by atoms with Crippen LogP contribution in [0.25, 0.3) is 0 Å². The van der Waals surface area contributed by atoms with Gasteiger partial charge in [-0.25, -0.2) is 0 Å². The quantitative estimate of drug-likeness (QED) is 0.896. The van der Waals surface area contributed by atoms with Crippen LogP contribution in [0.3, 0.4) is 0 Å². The summed E-state index contributed by atoms with van der Waals surface area (Å²) < 4.78 is 5.33. The molecule has 3 heteroatoms. The summed E-state index contributed by atoms with van der Waals surface area (Å²) in [5.74, 6) is 1.15. The molecular formula is C15H17NO2. The first-order valence-electron chi connectivity index (χ1n) is 5.83. The zero-order chi connectivity index (χ0) is 13.0. The SMILES string of the molecule is COc1ccccc1N(C)Cc1ccccc1O. The van der Waals surface area contributed by atoms with E-state index in [1.165, 1.54) is 0 Å². The summed E-state index contributed by atoms with van der Waals surface area (Å²) in [4.78, 5) is 2.05. The van der Waals surface area contributed by atoms with Gasteiger partial charge < -0.3 is 14.7 Å². The number of hydrogen-bond acceptors (Lipinski definition) is 3. The molecule has 0 amide bonds. The highest BCUT2D eigenvalue weighted by Crippen LogP contribution is 2.28. The van der Waals surface area contributed by atoms with Crippen LogP contribution in [0, 0.1) is 0 Å². The molecule has 0 heterocycles. The predicted molar refractivity (Wildman–Crippen MR) is 73.2 cm³/mol. The van der Waals surface area contributed by atoms with Gasteiger partial charge in [0.05, 0.1) is 12.8 Å². The number of phenols is 1. The van der Waals surface area contributed by atoms with Crippen molar-refractivity contribution in [3.8, 4) is 11.5 Å². The molecule has 2 aromatic carbocycles. The summed E-state index contributed by atoms with van der Waals surface area (Å²) in [5, 5.41) is 9.77. The maximum absolute atomic E-state index is 9.77. The standard InChI is InChI=1S/C15H17NO2/c1-16(11-12-7-3-5-9-14(12)17)13-8-4-6-10-15(13)18-2/h3-10,17H,11H2,1-2H3. The lowest BCUT2D eigenvalue weighted by molar-refractivity contribution is 0.414. The van der Waals surface area contributed by atoms with Crippen LogP contribution >= 0.6 is 0 Å². The number of ether oxygens (including phenoxy) is 1. The van der Waals surface area contributed by atoms with Gasteiger partial charge in [0.15, 0.2) is 0 Å². The van der Waals surface area contributed by atoms with E-state index in [0.29, 0.717) is 12.3 Å². The lowest BCUT2D eigenvalue weighted by Crippen LogP contribution is -2.17. The third-order valence-corrected chi connectivity index (χ3v) is 2.90. The molecule has 0 aliphatic rings. The van der Waals surface area contributed by atoms with E-state index in [1.807, 2.05) is 54.4 Å². The van der Waals surface area contributed by atoms with Crippen molar-refractivity contribution in [3.05, 3.63) is 54.1 Å². The largest absolute Gasteiger partial charge is 0.508 e. The van der Waals surface area contributed by atoms with Crippen LogP contribution in [0.4, 0.5) is 5.69 Å². The maximum Gasteiger partial charge on any atom is 0.142 e. The maximum atomic E-state index is 9.77. The molecular weight excluding hydrogens is 226 g/mol. The molecule has 0 aliphatic carbocycles. The lowest BCUT2D eigenvalue weighted by atomic mass is 10.2. The molecule has 94 valence electrons. The van der Waals surface area contributed by atoms with Gasteiger partial charge in [-0.2, -0.15) is 0 Å². The van der Waals surface area contributed by atoms with E-state index in [-0.39, 0.29) is 0 Å². The van der Waals surface area contributed by atoms with Crippen molar-refractivity contribution < 1.29 is 9.84 Å². The van der Waals surface area contributed by atoms with E-state index < -0.39 is 0 Å². The fourth-order valence-corrected chi connectivity index (χ4v) is 1.93. The first-order valence-corrected chi connectivity index (χ1v) is 5.83. The molecule has 0 fully saturated rings. The summed E-state index contributed by atoms with van der Waals surface area (Å²) in [5.41, 5.74) is 1.90. The highest BCUT2D eigenvalue weighted by molar-refractivity contribution is 5.58. The number of para-hydroxylation sites is 3. The second kappa shape index (κ2) is 5.45. The molecule has 0 bridgehead atoms. The van der Waals surface area contributed by atoms with E-state index in [4.69, 9.17) is 4.74 Å². The topological polar surface area (TPSA) is 32.7 Å². The van der Waals surface area contributed by atoms with Gasteiger partial charge in [0.25, 0.3) is 0 Å². The first-order chi connectivity index (χ1) is 8.72. The van der Waals surface area contributed by atoms with Crippen LogP contribution < -0.4 is 9.64 Å². The Labute approximate surface area is 107 Å². The molecule has 0 aromatic heterocycles. The molecule has 2 aromatic rings. The average molecular weight is 243 g/mol. The molecule has 0 unspecified atom stereocenters. The highest BCUT2D eigenvalue weighted by Gasteiger charge is 2.09. The van der Waals surface area contributed by atoms with Crippen molar-refractivity contribution in [2.24, 2.45) is 0 Å². The number of aromatic hydroxyl groups is 1. The van der Waals surface area contributed by atoms with Gasteiger partial charge in [-0.15, -0.1) is 0 Å². The number of benzene rings is 2. The molecule has 18 heavy (non-hydrogen) atoms. The third-order valence-electron chi connectivity index (χ3n) is 2.90. The fraction of sp³-hybridized carbons (Fsp3) is 0.200. The summed E-state index contributed by atoms with van der Waals surface area (Å²) in [6, 6.07) is 15.2. The van der Waals surface area contributed by atoms with Crippen LogP contribution in [0.1, 0.15) is 5.56 Å². The Morgan fingerprint density at radius 1 is 1.06 bits per heavy atom. The van der Waals surface area contributed by atoms with E-state index in [1.54, 1.807) is 13.2 Å². The van der Waals surface area contributed by atoms with Crippen molar-refractivity contribution in [1.82, 2.24) is 0 Å². The van der Waals surface area contributed by atoms with Crippen LogP contribution in [-0.4, -0.2) is 19.3 Å². The van der Waals surface area contributed by atoms with Gasteiger partial charge >= 0.3 is 0 Å². The Kier molecular flexibility index (Phi) is 3.72. The zero-order valence-corrected chi connectivity index (χ0v) is 10.6. The Bertz CT molecular complexity index is 525. The van der Waals surface area contributed by atoms with Gasteiger partial charge in [0.2, 0.25) is 0 Å². The minimum Gasteiger partial charge on any atom is -0.508 e. The summed E-state index contributed by atoms with van der Waals surface area (Å²) in [7, 11) is 3.64. The minimum atomic E-state index is 0.319. The van der Waals surface area contributed by atoms with E-state index >= 15 is 0 Å². The van der Waals surface area contributed by atoms with Crippen LogP contribution in [0.2, 0.25) is 0 Å². The fourth-order valence-electron chi connectivity index (χ4n) is 1.93. The molecule has 3 nitrogen and oxygen atoms in total. The predicted octanol–water partition coefficient (Wildman–Crippen LogP) is 3.04. The Morgan fingerprint density at radius 3 is 2.44 bits per heavy atom. The number of nitrogens with zero attached hydrogens (tertiary/aromatic N) is 1. The molecule has 1 N–H and O–H groups in total. The van der Waals surface area contributed by atoms with E-state index in [0.717, 1.165) is 17.0 Å². The van der Waals surface area contributed by atoms with E-state index in [2.05, 4.69) is 0 Å². The van der Waals surface area contributed by atoms with Gasteiger partial charge in [-0.05, 0) is 18.2 Å². The number of rotatable bonds is 4. The molecule has 0 spiro atoms. The number of hydrogen-bond donors (Lipinski definition) is 1. The van der Waals surface area contributed by atoms with Gasteiger partial charge in [-0.3, -0.25) is 0 Å². The Morgan fingerprint density at radius 2 is 1.72 bits per heavy atom. The van der Waals surface area contributed by atoms with E-state index in [9.17, 15) is 5.11 Å². The van der Waals surface area contributed by atoms with Crippen molar-refractivity contribution in [1.29, 1.82) is 0 Å². The third kappa shape index (κ3) is 2.56. The Hall–Kier alpha value is -2.16. The van der Waals surface area contributed by atoms with Crippen molar-refractivity contribution >= 4 is 5.69 Å². The summed E-state index contributed by atoms with van der Waals surface area (Å²) >= 11 is 0. The summed E-state index contributed by atoms with van der Waals surface area (Å²) in [6.07, 6.45) is 0. The van der Waals surface area contributed by atoms with Gasteiger partial charge in [0, 0.05) is 19.2 Å². The van der Waals surface area contributed by atoms with Crippen LogP contribution in [-0.2, 0) is 6.54 Å². The number of anilines is 1. The zero-order valence-electron chi connectivity index (χ0n) is 10.6. The van der Waals surface area contributed by atoms with Gasteiger partial charge in [0.1, 0.15) is 11.5 Å². The molecule has 0 saturated carbocycles. The average Bonchev–Trinajstić information content (AvgIpc) is 2.41. The number of phenolic OH excluding ortho intramolecular Hbond substituents is 1. The summed E-state index contributed by atoms with van der Waals surface area (Å²) in [6.45, 7) is 0.632.